The number of carbonyl (C=O) groups is 2. The van der Waals surface area contributed by atoms with Crippen molar-refractivity contribution in [3.05, 3.63) is 85.7 Å². The molecular formula is C32H34F2N6O4. The molecule has 3 aromatic rings. The molecule has 44 heavy (non-hydrogen) atoms. The van der Waals surface area contributed by atoms with Gasteiger partial charge in [-0.1, -0.05) is 6.92 Å². The maximum Gasteiger partial charge on any atom is 0.332 e. The van der Waals surface area contributed by atoms with Gasteiger partial charge in [0.15, 0.2) is 11.6 Å². The molecule has 0 N–H and O–H groups in total. The molecule has 1 saturated heterocycles. The smallest absolute Gasteiger partial charge is 0.332 e. The number of fused-ring (bicyclic) bond motifs is 1. The monoisotopic (exact) mass is 604 g/mol. The minimum Gasteiger partial charge on any atom is -0.343 e. The van der Waals surface area contributed by atoms with Crippen LogP contribution in [0.4, 0.5) is 20.4 Å². The molecule has 10 nitrogen and oxygen atoms in total. The van der Waals surface area contributed by atoms with E-state index >= 15 is 0 Å². The quantitative estimate of drug-likeness (QED) is 0.345. The lowest BCUT2D eigenvalue weighted by molar-refractivity contribution is -0.133. The van der Waals surface area contributed by atoms with Crippen molar-refractivity contribution in [2.45, 2.75) is 70.9 Å². The Kier molecular flexibility index (Phi) is 8.24. The van der Waals surface area contributed by atoms with Crippen molar-refractivity contribution in [1.29, 1.82) is 0 Å². The summed E-state index contributed by atoms with van der Waals surface area (Å²) >= 11 is 0. The van der Waals surface area contributed by atoms with Crippen LogP contribution in [0.3, 0.4) is 0 Å². The number of pyridine rings is 1. The maximum atomic E-state index is 14.0. The number of hydrogen-bond acceptors (Lipinski definition) is 6. The first-order valence-corrected chi connectivity index (χ1v) is 15.2. The second-order valence-electron chi connectivity index (χ2n) is 11.6. The van der Waals surface area contributed by atoms with Gasteiger partial charge in [-0.05, 0) is 68.9 Å². The number of hydrogen-bond donors (Lipinski definition) is 0. The largest absolute Gasteiger partial charge is 0.343 e. The van der Waals surface area contributed by atoms with E-state index in [4.69, 9.17) is 4.99 Å². The predicted octanol–water partition coefficient (Wildman–Crippen LogP) is 4.15. The van der Waals surface area contributed by atoms with Crippen LogP contribution in [-0.2, 0) is 17.8 Å². The van der Waals surface area contributed by atoms with Crippen LogP contribution < -0.4 is 16.1 Å². The van der Waals surface area contributed by atoms with Crippen LogP contribution >= 0.6 is 0 Å². The van der Waals surface area contributed by atoms with Gasteiger partial charge in [0.05, 0.1) is 11.3 Å². The molecule has 3 aliphatic rings. The molecule has 0 spiro atoms. The number of carbonyl (C=O) groups excluding carboxylic acids is 2. The first-order chi connectivity index (χ1) is 21.3. The highest BCUT2D eigenvalue weighted by Gasteiger charge is 2.33. The van der Waals surface area contributed by atoms with Crippen molar-refractivity contribution >= 4 is 29.2 Å². The molecule has 0 unspecified atom stereocenters. The van der Waals surface area contributed by atoms with Crippen LogP contribution in [0.25, 0.3) is 0 Å². The lowest BCUT2D eigenvalue weighted by atomic mass is 10.1. The number of likely N-dealkylation sites (tertiary alicyclic amines) is 1. The minimum absolute atomic E-state index is 0.0275. The molecule has 2 aliphatic heterocycles. The van der Waals surface area contributed by atoms with Gasteiger partial charge in [0.2, 0.25) is 5.91 Å². The fourth-order valence-electron chi connectivity index (χ4n) is 5.91. The molecule has 1 aliphatic carbocycles. The summed E-state index contributed by atoms with van der Waals surface area (Å²) < 4.78 is 30.6. The van der Waals surface area contributed by atoms with Crippen molar-refractivity contribution < 1.29 is 18.4 Å². The van der Waals surface area contributed by atoms with E-state index in [-0.39, 0.29) is 41.7 Å². The Morgan fingerprint density at radius 2 is 1.86 bits per heavy atom. The van der Waals surface area contributed by atoms with Crippen LogP contribution in [0, 0.1) is 11.6 Å². The summed E-state index contributed by atoms with van der Waals surface area (Å²) in [5.41, 5.74) is 1.08. The highest BCUT2D eigenvalue weighted by Crippen LogP contribution is 2.34. The average molecular weight is 605 g/mol. The summed E-state index contributed by atoms with van der Waals surface area (Å²) in [6.45, 7) is 3.75. The van der Waals surface area contributed by atoms with E-state index in [1.807, 2.05) is 6.92 Å². The predicted molar refractivity (Wildman–Crippen MR) is 161 cm³/mol. The van der Waals surface area contributed by atoms with Crippen LogP contribution in [0.1, 0.15) is 79.4 Å². The topological polar surface area (TPSA) is 110 Å². The molecule has 6 rings (SSSR count). The molecule has 0 atom stereocenters. The number of aliphatic imine (C=N–C) groups is 1. The standard InChI is InChI=1S/C32H34F2N6O4/c1-2-13-39-29-23(31(43)40(32(39)44)22-9-10-22)18-26(36-29)21-8-12-27(35-19-21)38(16-5-15-37-14-4-3-6-28(37)41)30(42)20-7-11-24(33)25(34)17-20/h7-8,11-12,17,19,22H,2-6,9-10,13-16,18H2,1H3. The number of nitrogens with zero attached hydrogens (tertiary/aromatic N) is 6. The number of aromatic nitrogens is 3. The van der Waals surface area contributed by atoms with E-state index in [0.29, 0.717) is 67.4 Å². The van der Waals surface area contributed by atoms with Gasteiger partial charge in [-0.15, -0.1) is 0 Å². The zero-order valence-electron chi connectivity index (χ0n) is 24.6. The SMILES string of the molecule is CCCn1c2c(c(=O)n(C3CC3)c1=O)CC(c1ccc(N(CCCN3CCCCC3=O)C(=O)c3ccc(F)c(F)c3)nc1)=N2. The first kappa shape index (κ1) is 29.6. The van der Waals surface area contributed by atoms with Crippen molar-refractivity contribution in [2.24, 2.45) is 4.99 Å². The summed E-state index contributed by atoms with van der Waals surface area (Å²) in [6, 6.07) is 6.34. The van der Waals surface area contributed by atoms with E-state index in [9.17, 15) is 28.0 Å². The second-order valence-corrected chi connectivity index (χ2v) is 11.6. The summed E-state index contributed by atoms with van der Waals surface area (Å²) in [5.74, 6) is -1.96. The van der Waals surface area contributed by atoms with E-state index in [1.165, 1.54) is 15.5 Å². The van der Waals surface area contributed by atoms with Crippen LogP contribution in [0.5, 0.6) is 0 Å². The maximum absolute atomic E-state index is 14.0. The van der Waals surface area contributed by atoms with Gasteiger partial charge in [0, 0.05) is 62.4 Å². The third kappa shape index (κ3) is 5.72. The lowest BCUT2D eigenvalue weighted by Gasteiger charge is -2.28. The zero-order valence-corrected chi connectivity index (χ0v) is 24.6. The summed E-state index contributed by atoms with van der Waals surface area (Å²) in [7, 11) is 0. The van der Waals surface area contributed by atoms with E-state index in [0.717, 1.165) is 37.8 Å². The molecule has 2 fully saturated rings. The highest BCUT2D eigenvalue weighted by atomic mass is 19.2. The molecule has 2 aromatic heterocycles. The first-order valence-electron chi connectivity index (χ1n) is 15.2. The molecule has 1 saturated carbocycles. The van der Waals surface area contributed by atoms with Gasteiger partial charge >= 0.3 is 5.69 Å². The highest BCUT2D eigenvalue weighted by molar-refractivity contribution is 6.07. The van der Waals surface area contributed by atoms with Gasteiger partial charge in [-0.2, -0.15) is 0 Å². The van der Waals surface area contributed by atoms with Crippen LogP contribution in [0.15, 0.2) is 51.1 Å². The Labute approximate surface area is 252 Å². The molecular weight excluding hydrogens is 570 g/mol. The Hall–Kier alpha value is -4.48. The number of piperidine rings is 1. The van der Waals surface area contributed by atoms with Crippen LogP contribution in [-0.4, -0.2) is 56.2 Å². The lowest BCUT2D eigenvalue weighted by Crippen LogP contribution is -2.40. The normalized spacial score (nSPS) is 16.2. The van der Waals surface area contributed by atoms with Gasteiger partial charge in [0.25, 0.3) is 11.5 Å². The van der Waals surface area contributed by atoms with Crippen molar-refractivity contribution in [1.82, 2.24) is 19.0 Å². The number of benzene rings is 1. The molecule has 0 bridgehead atoms. The molecule has 1 aromatic carbocycles. The van der Waals surface area contributed by atoms with Gasteiger partial charge in [-0.3, -0.25) is 28.4 Å². The van der Waals surface area contributed by atoms with Crippen LogP contribution in [0.2, 0.25) is 0 Å². The van der Waals surface area contributed by atoms with Gasteiger partial charge < -0.3 is 4.90 Å². The average Bonchev–Trinajstić information content (AvgIpc) is 3.76. The number of amides is 2. The fourth-order valence-corrected chi connectivity index (χ4v) is 5.91. The molecule has 2 amide bonds. The third-order valence-electron chi connectivity index (χ3n) is 8.38. The molecule has 4 heterocycles. The van der Waals surface area contributed by atoms with E-state index < -0.39 is 17.5 Å². The third-order valence-corrected chi connectivity index (χ3v) is 8.38. The summed E-state index contributed by atoms with van der Waals surface area (Å²) in [4.78, 5) is 64.6. The Bertz CT molecular complexity index is 1760. The van der Waals surface area contributed by atoms with Crippen molar-refractivity contribution in [2.75, 3.05) is 24.5 Å². The zero-order chi connectivity index (χ0) is 31.0. The van der Waals surface area contributed by atoms with E-state index in [2.05, 4.69) is 4.98 Å². The van der Waals surface area contributed by atoms with Gasteiger partial charge in [0.1, 0.15) is 11.6 Å². The molecule has 0 radical (unpaired) electrons. The van der Waals surface area contributed by atoms with Gasteiger partial charge in [-0.25, -0.2) is 23.6 Å². The Morgan fingerprint density at radius 3 is 2.55 bits per heavy atom. The fraction of sp³-hybridized carbons (Fsp3) is 0.438. The number of rotatable bonds is 10. The number of halogens is 2. The molecule has 12 heteroatoms. The Balaban J connectivity index is 1.27. The van der Waals surface area contributed by atoms with Crippen molar-refractivity contribution in [3.8, 4) is 0 Å². The van der Waals surface area contributed by atoms with Crippen molar-refractivity contribution in [3.63, 3.8) is 0 Å². The second kappa shape index (κ2) is 12.3. The van der Waals surface area contributed by atoms with E-state index in [1.54, 1.807) is 27.8 Å². The molecule has 230 valence electrons. The summed E-state index contributed by atoms with van der Waals surface area (Å²) in [6.07, 6.45) is 6.93. The minimum atomic E-state index is -1.13. The number of anilines is 1. The summed E-state index contributed by atoms with van der Waals surface area (Å²) in [5, 5.41) is 0. The Morgan fingerprint density at radius 1 is 1.05 bits per heavy atom.